The Balaban J connectivity index is 1.86. The molecule has 1 aliphatic rings. The van der Waals surface area contributed by atoms with Gasteiger partial charge in [0.25, 0.3) is 5.89 Å². The van der Waals surface area contributed by atoms with Crippen LogP contribution in [0.15, 0.2) is 29.0 Å². The van der Waals surface area contributed by atoms with Crippen molar-refractivity contribution in [3.8, 4) is 11.4 Å². The Labute approximate surface area is 147 Å². The second kappa shape index (κ2) is 6.82. The molecular formula is C18H24N4O3. The van der Waals surface area contributed by atoms with Gasteiger partial charge in [0.2, 0.25) is 5.82 Å². The fraction of sp³-hybridized carbons (Fsp3) is 0.556. The summed E-state index contributed by atoms with van der Waals surface area (Å²) in [7, 11) is 0. The SMILES string of the molecule is CC(C)(C)OC(=O)NC1(c2nc(-c3ccncc3)no2)CCCCC1. The average molecular weight is 344 g/mol. The number of nitrogens with zero attached hydrogens (tertiary/aromatic N) is 3. The molecule has 25 heavy (non-hydrogen) atoms. The first-order valence-corrected chi connectivity index (χ1v) is 8.64. The topological polar surface area (TPSA) is 90.1 Å². The van der Waals surface area contributed by atoms with Gasteiger partial charge < -0.3 is 14.6 Å². The molecule has 2 heterocycles. The van der Waals surface area contributed by atoms with E-state index in [1.165, 1.54) is 0 Å². The number of hydrogen-bond donors (Lipinski definition) is 1. The summed E-state index contributed by atoms with van der Waals surface area (Å²) in [5.41, 5.74) is -0.399. The highest BCUT2D eigenvalue weighted by Gasteiger charge is 2.41. The summed E-state index contributed by atoms with van der Waals surface area (Å²) in [6.07, 6.45) is 7.52. The fourth-order valence-electron chi connectivity index (χ4n) is 3.08. The summed E-state index contributed by atoms with van der Waals surface area (Å²) in [6.45, 7) is 5.52. The Kier molecular flexibility index (Phi) is 4.74. The molecular weight excluding hydrogens is 320 g/mol. The van der Waals surface area contributed by atoms with Crippen molar-refractivity contribution in [3.63, 3.8) is 0 Å². The number of carbonyl (C=O) groups is 1. The zero-order chi connectivity index (χ0) is 17.9. The normalized spacial score (nSPS) is 17.1. The first-order valence-electron chi connectivity index (χ1n) is 8.64. The highest BCUT2D eigenvalue weighted by molar-refractivity contribution is 5.69. The van der Waals surface area contributed by atoms with Crippen molar-refractivity contribution >= 4 is 6.09 Å². The third-order valence-corrected chi connectivity index (χ3v) is 4.22. The van der Waals surface area contributed by atoms with Gasteiger partial charge >= 0.3 is 6.09 Å². The predicted molar refractivity (Wildman–Crippen MR) is 91.7 cm³/mol. The van der Waals surface area contributed by atoms with E-state index in [2.05, 4.69) is 20.4 Å². The maximum absolute atomic E-state index is 12.4. The van der Waals surface area contributed by atoms with Gasteiger partial charge in [-0.05, 0) is 45.7 Å². The molecule has 0 aliphatic heterocycles. The van der Waals surface area contributed by atoms with Crippen LogP contribution >= 0.6 is 0 Å². The monoisotopic (exact) mass is 344 g/mol. The number of pyridine rings is 1. The molecule has 7 nitrogen and oxygen atoms in total. The summed E-state index contributed by atoms with van der Waals surface area (Å²) < 4.78 is 11.0. The maximum Gasteiger partial charge on any atom is 0.408 e. The zero-order valence-electron chi connectivity index (χ0n) is 14.9. The van der Waals surface area contributed by atoms with E-state index in [4.69, 9.17) is 9.26 Å². The molecule has 0 spiro atoms. The predicted octanol–water partition coefficient (Wildman–Crippen LogP) is 3.82. The van der Waals surface area contributed by atoms with E-state index in [0.717, 1.165) is 37.7 Å². The van der Waals surface area contributed by atoms with Crippen LogP contribution in [-0.4, -0.2) is 26.8 Å². The first-order chi connectivity index (χ1) is 11.9. The number of carbonyl (C=O) groups excluding carboxylic acids is 1. The third kappa shape index (κ3) is 4.15. The molecule has 134 valence electrons. The molecule has 0 unspecified atom stereocenters. The number of amides is 1. The zero-order valence-corrected chi connectivity index (χ0v) is 14.9. The van der Waals surface area contributed by atoms with Gasteiger partial charge in [-0.25, -0.2) is 4.79 Å². The van der Waals surface area contributed by atoms with Gasteiger partial charge in [0, 0.05) is 18.0 Å². The summed E-state index contributed by atoms with van der Waals surface area (Å²) in [4.78, 5) is 20.9. The van der Waals surface area contributed by atoms with Crippen LogP contribution in [0.25, 0.3) is 11.4 Å². The number of hydrogen-bond acceptors (Lipinski definition) is 6. The number of aromatic nitrogens is 3. The lowest BCUT2D eigenvalue weighted by Gasteiger charge is -2.35. The lowest BCUT2D eigenvalue weighted by molar-refractivity contribution is 0.0384. The largest absolute Gasteiger partial charge is 0.444 e. The van der Waals surface area contributed by atoms with Gasteiger partial charge in [-0.3, -0.25) is 4.98 Å². The number of rotatable bonds is 3. The summed E-state index contributed by atoms with van der Waals surface area (Å²) >= 11 is 0. The second-order valence-corrected chi connectivity index (χ2v) is 7.43. The van der Waals surface area contributed by atoms with Gasteiger partial charge in [0.15, 0.2) is 0 Å². The molecule has 0 saturated heterocycles. The van der Waals surface area contributed by atoms with Crippen LogP contribution in [0.5, 0.6) is 0 Å². The Morgan fingerprint density at radius 1 is 1.20 bits per heavy atom. The summed E-state index contributed by atoms with van der Waals surface area (Å²) in [5, 5.41) is 7.08. The van der Waals surface area contributed by atoms with Gasteiger partial charge in [-0.2, -0.15) is 4.98 Å². The molecule has 2 aromatic heterocycles. The van der Waals surface area contributed by atoms with Crippen LogP contribution in [-0.2, 0) is 10.3 Å². The minimum absolute atomic E-state index is 0.435. The third-order valence-electron chi connectivity index (χ3n) is 4.22. The molecule has 7 heteroatoms. The lowest BCUT2D eigenvalue weighted by atomic mass is 9.81. The second-order valence-electron chi connectivity index (χ2n) is 7.43. The van der Waals surface area contributed by atoms with Crippen molar-refractivity contribution in [1.82, 2.24) is 20.4 Å². The van der Waals surface area contributed by atoms with Crippen molar-refractivity contribution in [3.05, 3.63) is 30.4 Å². The minimum atomic E-state index is -0.668. The lowest BCUT2D eigenvalue weighted by Crippen LogP contribution is -2.49. The van der Waals surface area contributed by atoms with E-state index < -0.39 is 17.2 Å². The van der Waals surface area contributed by atoms with E-state index >= 15 is 0 Å². The smallest absolute Gasteiger partial charge is 0.408 e. The van der Waals surface area contributed by atoms with E-state index in [0.29, 0.717) is 11.7 Å². The molecule has 0 atom stereocenters. The standard InChI is InChI=1S/C18H24N4O3/c1-17(2,3)24-16(23)21-18(9-5-4-6-10-18)15-20-14(22-25-15)13-7-11-19-12-8-13/h7-8,11-12H,4-6,9-10H2,1-3H3,(H,21,23). The van der Waals surface area contributed by atoms with Gasteiger partial charge in [-0.1, -0.05) is 24.4 Å². The van der Waals surface area contributed by atoms with Gasteiger partial charge in [-0.15, -0.1) is 0 Å². The van der Waals surface area contributed by atoms with Crippen molar-refractivity contribution in [2.75, 3.05) is 0 Å². The van der Waals surface area contributed by atoms with Crippen LogP contribution in [0, 0.1) is 0 Å². The first kappa shape index (κ1) is 17.4. The molecule has 0 bridgehead atoms. The van der Waals surface area contributed by atoms with Crippen molar-refractivity contribution in [2.24, 2.45) is 0 Å². The number of ether oxygens (including phenoxy) is 1. The highest BCUT2D eigenvalue weighted by Crippen LogP contribution is 2.37. The van der Waals surface area contributed by atoms with Crippen molar-refractivity contribution in [1.29, 1.82) is 0 Å². The van der Waals surface area contributed by atoms with E-state index in [1.807, 2.05) is 32.9 Å². The molecule has 1 N–H and O–H groups in total. The van der Waals surface area contributed by atoms with E-state index in [-0.39, 0.29) is 0 Å². The quantitative estimate of drug-likeness (QED) is 0.910. The van der Waals surface area contributed by atoms with E-state index in [9.17, 15) is 4.79 Å². The van der Waals surface area contributed by atoms with E-state index in [1.54, 1.807) is 12.4 Å². The Bertz CT molecular complexity index is 715. The summed E-state index contributed by atoms with van der Waals surface area (Å²) in [6, 6.07) is 3.65. The van der Waals surface area contributed by atoms with Crippen molar-refractivity contribution < 1.29 is 14.1 Å². The fourth-order valence-corrected chi connectivity index (χ4v) is 3.08. The van der Waals surface area contributed by atoms with Crippen molar-refractivity contribution in [2.45, 2.75) is 64.0 Å². The Hall–Kier alpha value is -2.44. The Morgan fingerprint density at radius 2 is 1.88 bits per heavy atom. The molecule has 3 rings (SSSR count). The molecule has 0 aromatic carbocycles. The van der Waals surface area contributed by atoms with Crippen LogP contribution in [0.3, 0.4) is 0 Å². The van der Waals surface area contributed by atoms with Gasteiger partial charge in [0.1, 0.15) is 11.1 Å². The van der Waals surface area contributed by atoms with Gasteiger partial charge in [0.05, 0.1) is 0 Å². The molecule has 1 saturated carbocycles. The molecule has 1 aliphatic carbocycles. The minimum Gasteiger partial charge on any atom is -0.444 e. The number of alkyl carbamates (subject to hydrolysis) is 1. The van der Waals surface area contributed by atoms with Crippen LogP contribution in [0.2, 0.25) is 0 Å². The summed E-state index contributed by atoms with van der Waals surface area (Å²) in [5.74, 6) is 0.929. The molecule has 1 amide bonds. The highest BCUT2D eigenvalue weighted by atomic mass is 16.6. The van der Waals surface area contributed by atoms with Crippen LogP contribution in [0.4, 0.5) is 4.79 Å². The average Bonchev–Trinajstić information content (AvgIpc) is 3.05. The molecule has 1 fully saturated rings. The Morgan fingerprint density at radius 3 is 2.52 bits per heavy atom. The molecule has 2 aromatic rings. The van der Waals surface area contributed by atoms with Crippen LogP contribution < -0.4 is 5.32 Å². The number of nitrogens with one attached hydrogen (secondary N) is 1. The van der Waals surface area contributed by atoms with Crippen LogP contribution in [0.1, 0.15) is 58.8 Å². The maximum atomic E-state index is 12.4. The molecule has 0 radical (unpaired) electrons.